The zero-order valence-electron chi connectivity index (χ0n) is 13.6. The predicted octanol–water partition coefficient (Wildman–Crippen LogP) is 4.86. The summed E-state index contributed by atoms with van der Waals surface area (Å²) in [5, 5.41) is 0. The fourth-order valence-electron chi connectivity index (χ4n) is 3.69. The summed E-state index contributed by atoms with van der Waals surface area (Å²) in [5.41, 5.74) is 2.88. The van der Waals surface area contributed by atoms with E-state index in [1.54, 1.807) is 6.07 Å². The Morgan fingerprint density at radius 3 is 2.18 bits per heavy atom. The topological polar surface area (TPSA) is 3.24 Å². The molecule has 1 atom stereocenters. The fourth-order valence-corrected chi connectivity index (χ4v) is 3.69. The molecule has 0 aromatic heterocycles. The molecule has 0 amide bonds. The average molecular weight is 297 g/mol. The number of likely N-dealkylation sites (N-methyl/N-ethyl adjacent to an activating group) is 1. The zero-order valence-corrected chi connectivity index (χ0v) is 13.6. The van der Waals surface area contributed by atoms with Crippen molar-refractivity contribution in [2.24, 2.45) is 0 Å². The lowest BCUT2D eigenvalue weighted by Crippen LogP contribution is -2.51. The number of hydrogen-bond acceptors (Lipinski definition) is 1. The van der Waals surface area contributed by atoms with Crippen LogP contribution in [0, 0.1) is 5.82 Å². The summed E-state index contributed by atoms with van der Waals surface area (Å²) in [5.74, 6) is -0.0604. The van der Waals surface area contributed by atoms with Crippen LogP contribution in [0.1, 0.15) is 31.7 Å². The summed E-state index contributed by atoms with van der Waals surface area (Å²) in [6.07, 6.45) is 3.35. The molecule has 116 valence electrons. The smallest absolute Gasteiger partial charge is 0.127 e. The van der Waals surface area contributed by atoms with Gasteiger partial charge in [0.25, 0.3) is 0 Å². The summed E-state index contributed by atoms with van der Waals surface area (Å²) in [6, 6.07) is 16.1. The van der Waals surface area contributed by atoms with Gasteiger partial charge in [-0.2, -0.15) is 0 Å². The van der Waals surface area contributed by atoms with Crippen LogP contribution in [0.15, 0.2) is 48.5 Å². The first kappa shape index (κ1) is 15.2. The van der Waals surface area contributed by atoms with E-state index >= 15 is 0 Å². The number of halogens is 1. The van der Waals surface area contributed by atoms with E-state index in [2.05, 4.69) is 32.0 Å². The molecule has 1 aliphatic carbocycles. The minimum absolute atomic E-state index is 0.0250. The molecule has 0 radical (unpaired) electrons. The molecular formula is C20H24FN. The Kier molecular flexibility index (Phi) is 4.05. The quantitative estimate of drug-likeness (QED) is 0.778. The second-order valence-electron chi connectivity index (χ2n) is 6.71. The molecule has 1 unspecified atom stereocenters. The van der Waals surface area contributed by atoms with Crippen molar-refractivity contribution in [2.75, 3.05) is 14.1 Å². The van der Waals surface area contributed by atoms with Crippen LogP contribution in [0.25, 0.3) is 11.1 Å². The molecule has 0 N–H and O–H groups in total. The van der Waals surface area contributed by atoms with Crippen LogP contribution in [0.5, 0.6) is 0 Å². The van der Waals surface area contributed by atoms with Gasteiger partial charge in [0.05, 0.1) is 0 Å². The molecule has 1 nitrogen and oxygen atoms in total. The molecule has 0 bridgehead atoms. The Balaban J connectivity index is 1.99. The second kappa shape index (κ2) is 5.85. The van der Waals surface area contributed by atoms with Crippen LogP contribution in [-0.4, -0.2) is 25.0 Å². The van der Waals surface area contributed by atoms with Gasteiger partial charge in [-0.3, -0.25) is 0 Å². The first-order chi connectivity index (χ1) is 10.5. The molecule has 3 rings (SSSR count). The third-order valence-corrected chi connectivity index (χ3v) is 5.43. The van der Waals surface area contributed by atoms with Gasteiger partial charge in [0, 0.05) is 11.5 Å². The van der Waals surface area contributed by atoms with Gasteiger partial charge in [0.15, 0.2) is 0 Å². The van der Waals surface area contributed by atoms with Gasteiger partial charge in [-0.05, 0) is 56.6 Å². The summed E-state index contributed by atoms with van der Waals surface area (Å²) in [7, 11) is 4.17. The highest BCUT2D eigenvalue weighted by molar-refractivity contribution is 5.64. The van der Waals surface area contributed by atoms with Crippen LogP contribution in [0.4, 0.5) is 4.39 Å². The van der Waals surface area contributed by atoms with Crippen LogP contribution in [-0.2, 0) is 5.41 Å². The van der Waals surface area contributed by atoms with E-state index in [1.807, 2.05) is 36.4 Å². The largest absolute Gasteiger partial charge is 0.306 e. The number of benzene rings is 2. The molecule has 2 heteroatoms. The van der Waals surface area contributed by atoms with Crippen molar-refractivity contribution >= 4 is 0 Å². The number of rotatable bonds is 4. The highest BCUT2D eigenvalue weighted by Crippen LogP contribution is 2.48. The molecule has 1 aliphatic rings. The second-order valence-corrected chi connectivity index (χ2v) is 6.71. The van der Waals surface area contributed by atoms with Crippen LogP contribution >= 0.6 is 0 Å². The van der Waals surface area contributed by atoms with Gasteiger partial charge in [0.2, 0.25) is 0 Å². The SMILES string of the molecule is CC(N(C)C)C1(c2ccc(-c3ccccc3)cc2F)CCC1. The lowest BCUT2D eigenvalue weighted by Gasteiger charge is -2.49. The summed E-state index contributed by atoms with van der Waals surface area (Å²) < 4.78 is 14.9. The number of hydrogen-bond donors (Lipinski definition) is 0. The monoisotopic (exact) mass is 297 g/mol. The highest BCUT2D eigenvalue weighted by Gasteiger charge is 2.45. The van der Waals surface area contributed by atoms with Gasteiger partial charge in [-0.25, -0.2) is 4.39 Å². The van der Waals surface area contributed by atoms with Crippen molar-refractivity contribution in [3.63, 3.8) is 0 Å². The van der Waals surface area contributed by atoms with Crippen LogP contribution in [0.2, 0.25) is 0 Å². The van der Waals surface area contributed by atoms with Gasteiger partial charge in [-0.1, -0.05) is 48.9 Å². The van der Waals surface area contributed by atoms with Crippen molar-refractivity contribution in [1.29, 1.82) is 0 Å². The molecule has 22 heavy (non-hydrogen) atoms. The van der Waals surface area contributed by atoms with E-state index in [0.29, 0.717) is 6.04 Å². The lowest BCUT2D eigenvalue weighted by atomic mass is 9.60. The fraction of sp³-hybridized carbons (Fsp3) is 0.400. The Bertz CT molecular complexity index is 644. The first-order valence-electron chi connectivity index (χ1n) is 8.06. The molecule has 2 aromatic carbocycles. The molecular weight excluding hydrogens is 273 g/mol. The minimum Gasteiger partial charge on any atom is -0.306 e. The Hall–Kier alpha value is -1.67. The molecule has 1 fully saturated rings. The van der Waals surface area contributed by atoms with Crippen molar-refractivity contribution in [1.82, 2.24) is 4.90 Å². The first-order valence-corrected chi connectivity index (χ1v) is 8.06. The van der Waals surface area contributed by atoms with Crippen LogP contribution in [0.3, 0.4) is 0 Å². The molecule has 1 saturated carbocycles. The van der Waals surface area contributed by atoms with Gasteiger partial charge in [-0.15, -0.1) is 0 Å². The predicted molar refractivity (Wildman–Crippen MR) is 90.5 cm³/mol. The van der Waals surface area contributed by atoms with Gasteiger partial charge in [0.1, 0.15) is 5.82 Å². The Morgan fingerprint density at radius 2 is 1.68 bits per heavy atom. The van der Waals surface area contributed by atoms with Crippen molar-refractivity contribution in [2.45, 2.75) is 37.6 Å². The summed E-state index contributed by atoms with van der Waals surface area (Å²) in [4.78, 5) is 2.21. The maximum Gasteiger partial charge on any atom is 0.127 e. The minimum atomic E-state index is -0.0604. The van der Waals surface area contributed by atoms with Crippen LogP contribution < -0.4 is 0 Å². The third-order valence-electron chi connectivity index (χ3n) is 5.43. The highest BCUT2D eigenvalue weighted by atomic mass is 19.1. The van der Waals surface area contributed by atoms with Gasteiger partial charge < -0.3 is 4.90 Å². The van der Waals surface area contributed by atoms with Crippen molar-refractivity contribution in [3.05, 3.63) is 59.9 Å². The molecule has 2 aromatic rings. The van der Waals surface area contributed by atoms with E-state index in [4.69, 9.17) is 0 Å². The van der Waals surface area contributed by atoms with Crippen molar-refractivity contribution in [3.8, 4) is 11.1 Å². The van der Waals surface area contributed by atoms with E-state index in [0.717, 1.165) is 29.5 Å². The van der Waals surface area contributed by atoms with E-state index < -0.39 is 0 Å². The number of nitrogens with zero attached hydrogens (tertiary/aromatic N) is 1. The van der Waals surface area contributed by atoms with E-state index in [1.165, 1.54) is 6.42 Å². The summed E-state index contributed by atoms with van der Waals surface area (Å²) >= 11 is 0. The van der Waals surface area contributed by atoms with Crippen molar-refractivity contribution < 1.29 is 4.39 Å². The normalized spacial score (nSPS) is 18.0. The molecule has 0 spiro atoms. The third kappa shape index (κ3) is 2.46. The zero-order chi connectivity index (χ0) is 15.7. The Morgan fingerprint density at radius 1 is 1.00 bits per heavy atom. The maximum atomic E-state index is 14.9. The Labute approximate surface area is 132 Å². The van der Waals surface area contributed by atoms with E-state index in [-0.39, 0.29) is 11.2 Å². The average Bonchev–Trinajstić information content (AvgIpc) is 2.48. The lowest BCUT2D eigenvalue weighted by molar-refractivity contribution is 0.106. The van der Waals surface area contributed by atoms with E-state index in [9.17, 15) is 4.39 Å². The summed E-state index contributed by atoms with van der Waals surface area (Å²) in [6.45, 7) is 2.21. The van der Waals surface area contributed by atoms with Gasteiger partial charge >= 0.3 is 0 Å². The standard InChI is InChI=1S/C20H24FN/c1-15(22(2)3)20(12-7-13-20)18-11-10-17(14-19(18)21)16-8-5-4-6-9-16/h4-6,8-11,14-15H,7,12-13H2,1-3H3. The molecule has 0 saturated heterocycles. The molecule has 0 aliphatic heterocycles. The maximum absolute atomic E-state index is 14.9. The molecule has 0 heterocycles.